The normalized spacial score (nSPS) is 10.6. The number of aryl methyl sites for hydroxylation is 1. The summed E-state index contributed by atoms with van der Waals surface area (Å²) in [6, 6.07) is 8.74. The van der Waals surface area contributed by atoms with Crippen molar-refractivity contribution in [1.82, 2.24) is 0 Å². The van der Waals surface area contributed by atoms with Gasteiger partial charge in [-0.05, 0) is 36.2 Å². The summed E-state index contributed by atoms with van der Waals surface area (Å²) in [5.41, 5.74) is 2.08. The summed E-state index contributed by atoms with van der Waals surface area (Å²) in [6.45, 7) is 1.86. The smallest absolute Gasteiger partial charge is 0.123 e. The maximum Gasteiger partial charge on any atom is 0.123 e. The molecule has 0 aliphatic carbocycles. The largest absolute Gasteiger partial charge is 0.207 e. The fraction of sp³-hybridized carbons (Fsp3) is 0.0769. The fourth-order valence-electron chi connectivity index (χ4n) is 1.60. The number of hydrogen-bond acceptors (Lipinski definition) is 0. The van der Waals surface area contributed by atoms with Gasteiger partial charge >= 0.3 is 0 Å². The molecule has 0 aromatic heterocycles. The highest BCUT2D eigenvalue weighted by Crippen LogP contribution is 2.38. The number of hydrogen-bond donors (Lipinski definition) is 0. The Labute approximate surface area is 114 Å². The molecule has 0 saturated carbocycles. The van der Waals surface area contributed by atoms with Crippen LogP contribution in [0.5, 0.6) is 0 Å². The van der Waals surface area contributed by atoms with E-state index >= 15 is 0 Å². The van der Waals surface area contributed by atoms with Crippen molar-refractivity contribution in [3.63, 3.8) is 0 Å². The Morgan fingerprint density at radius 1 is 1.12 bits per heavy atom. The minimum Gasteiger partial charge on any atom is -0.207 e. The average Bonchev–Trinajstić information content (AvgIpc) is 2.21. The van der Waals surface area contributed by atoms with Crippen LogP contribution in [-0.2, 0) is 0 Å². The lowest BCUT2D eigenvalue weighted by Gasteiger charge is -2.10. The van der Waals surface area contributed by atoms with Gasteiger partial charge in [0, 0.05) is 11.6 Å². The lowest BCUT2D eigenvalue weighted by atomic mass is 10.0. The standard InChI is InChI=1S/C13H7Cl3F/c1-7-2-3-9(17)6-10(7)13-11(15)4-8(14)5-12(13)16/h2-4,6H,1H3. The molecule has 2 aromatic rings. The second kappa shape index (κ2) is 4.85. The first kappa shape index (κ1) is 12.7. The van der Waals surface area contributed by atoms with Gasteiger partial charge in [-0.3, -0.25) is 0 Å². The molecule has 0 heterocycles. The topological polar surface area (TPSA) is 0 Å². The molecule has 0 fully saturated rings. The summed E-state index contributed by atoms with van der Waals surface area (Å²) >= 11 is 17.9. The maximum atomic E-state index is 13.3. The third kappa shape index (κ3) is 2.57. The van der Waals surface area contributed by atoms with E-state index in [9.17, 15) is 4.39 Å². The predicted molar refractivity (Wildman–Crippen MR) is 70.4 cm³/mol. The molecule has 4 heteroatoms. The highest BCUT2D eigenvalue weighted by Gasteiger charge is 2.13. The van der Waals surface area contributed by atoms with E-state index in [4.69, 9.17) is 34.8 Å². The molecule has 0 saturated heterocycles. The number of benzene rings is 2. The Hall–Kier alpha value is -0.760. The Morgan fingerprint density at radius 3 is 2.47 bits per heavy atom. The quantitative estimate of drug-likeness (QED) is 0.644. The molecule has 0 spiro atoms. The van der Waals surface area contributed by atoms with Gasteiger partial charge in [-0.25, -0.2) is 4.39 Å². The summed E-state index contributed by atoms with van der Waals surface area (Å²) in [5.74, 6) is -0.340. The summed E-state index contributed by atoms with van der Waals surface area (Å²) in [5, 5.41) is 1.00. The minimum atomic E-state index is -0.340. The lowest BCUT2D eigenvalue weighted by Crippen LogP contribution is -1.88. The molecular formula is C13H7Cl3F. The van der Waals surface area contributed by atoms with Crippen LogP contribution >= 0.6 is 34.8 Å². The zero-order valence-corrected chi connectivity index (χ0v) is 11.1. The zero-order chi connectivity index (χ0) is 12.6. The van der Waals surface area contributed by atoms with Gasteiger partial charge in [0.05, 0.1) is 15.1 Å². The Bertz CT molecular complexity index is 556. The second-order valence-corrected chi connectivity index (χ2v) is 4.81. The van der Waals surface area contributed by atoms with E-state index in [1.165, 1.54) is 18.2 Å². The molecule has 1 radical (unpaired) electrons. The molecule has 2 rings (SSSR count). The van der Waals surface area contributed by atoms with Crippen LogP contribution in [0, 0.1) is 18.8 Å². The zero-order valence-electron chi connectivity index (χ0n) is 8.82. The van der Waals surface area contributed by atoms with Crippen molar-refractivity contribution in [3.8, 4) is 11.1 Å². The molecule has 0 aliphatic rings. The summed E-state index contributed by atoms with van der Waals surface area (Å²) < 4.78 is 13.3. The summed E-state index contributed by atoms with van der Waals surface area (Å²) in [4.78, 5) is 0. The fourth-order valence-corrected chi connectivity index (χ4v) is 2.57. The third-order valence-electron chi connectivity index (χ3n) is 2.41. The highest BCUT2D eigenvalue weighted by atomic mass is 35.5. The van der Waals surface area contributed by atoms with Gasteiger partial charge in [-0.15, -0.1) is 0 Å². The Morgan fingerprint density at radius 2 is 1.82 bits per heavy atom. The van der Waals surface area contributed by atoms with E-state index in [-0.39, 0.29) is 10.8 Å². The van der Waals surface area contributed by atoms with Crippen LogP contribution < -0.4 is 0 Å². The molecule has 17 heavy (non-hydrogen) atoms. The van der Waals surface area contributed by atoms with Crippen molar-refractivity contribution in [2.75, 3.05) is 0 Å². The molecule has 0 atom stereocenters. The van der Waals surface area contributed by atoms with Crippen LogP contribution in [-0.4, -0.2) is 0 Å². The van der Waals surface area contributed by atoms with Crippen molar-refractivity contribution in [2.24, 2.45) is 0 Å². The van der Waals surface area contributed by atoms with Crippen LogP contribution in [0.1, 0.15) is 5.56 Å². The molecule has 0 unspecified atom stereocenters. The first-order valence-electron chi connectivity index (χ1n) is 4.82. The van der Waals surface area contributed by atoms with E-state index in [0.29, 0.717) is 21.2 Å². The van der Waals surface area contributed by atoms with Crippen LogP contribution in [0.15, 0.2) is 24.3 Å². The van der Waals surface area contributed by atoms with Gasteiger partial charge in [0.2, 0.25) is 0 Å². The van der Waals surface area contributed by atoms with Gasteiger partial charge in [-0.1, -0.05) is 40.9 Å². The van der Waals surface area contributed by atoms with Crippen molar-refractivity contribution in [1.29, 1.82) is 0 Å². The maximum absolute atomic E-state index is 13.3. The van der Waals surface area contributed by atoms with E-state index in [2.05, 4.69) is 6.07 Å². The van der Waals surface area contributed by atoms with Gasteiger partial charge in [0.25, 0.3) is 0 Å². The monoisotopic (exact) mass is 287 g/mol. The van der Waals surface area contributed by atoms with E-state index in [1.54, 1.807) is 6.07 Å². The first-order chi connectivity index (χ1) is 7.99. The molecule has 0 bridgehead atoms. The van der Waals surface area contributed by atoms with Crippen LogP contribution in [0.25, 0.3) is 11.1 Å². The molecule has 0 N–H and O–H groups in total. The van der Waals surface area contributed by atoms with Crippen molar-refractivity contribution >= 4 is 34.8 Å². The van der Waals surface area contributed by atoms with Crippen LogP contribution in [0.4, 0.5) is 4.39 Å². The second-order valence-electron chi connectivity index (χ2n) is 3.61. The molecule has 0 amide bonds. The van der Waals surface area contributed by atoms with Crippen LogP contribution in [0.3, 0.4) is 0 Å². The molecular weight excluding hydrogens is 282 g/mol. The van der Waals surface area contributed by atoms with Gasteiger partial charge in [-0.2, -0.15) is 0 Å². The van der Waals surface area contributed by atoms with Crippen molar-refractivity contribution in [3.05, 3.63) is 56.8 Å². The van der Waals surface area contributed by atoms with E-state index in [0.717, 1.165) is 5.56 Å². The van der Waals surface area contributed by atoms with Crippen molar-refractivity contribution in [2.45, 2.75) is 6.92 Å². The van der Waals surface area contributed by atoms with E-state index in [1.807, 2.05) is 6.92 Å². The Balaban J connectivity index is 2.72. The number of halogens is 4. The summed E-state index contributed by atoms with van der Waals surface area (Å²) in [6.07, 6.45) is 0. The predicted octanol–water partition coefficient (Wildman–Crippen LogP) is 5.56. The molecule has 0 nitrogen and oxygen atoms in total. The van der Waals surface area contributed by atoms with E-state index < -0.39 is 0 Å². The van der Waals surface area contributed by atoms with Crippen molar-refractivity contribution < 1.29 is 4.39 Å². The number of rotatable bonds is 1. The van der Waals surface area contributed by atoms with Crippen LogP contribution in [0.2, 0.25) is 15.1 Å². The molecule has 2 aromatic carbocycles. The minimum absolute atomic E-state index is 0.288. The van der Waals surface area contributed by atoms with Gasteiger partial charge in [0.1, 0.15) is 5.82 Å². The molecule has 0 aliphatic heterocycles. The SMILES string of the molecule is Cc1ccc(F)cc1-c1c(Cl)[c]c(Cl)cc1Cl. The first-order valence-corrected chi connectivity index (χ1v) is 5.96. The van der Waals surface area contributed by atoms with Gasteiger partial charge in [0.15, 0.2) is 0 Å². The summed E-state index contributed by atoms with van der Waals surface area (Å²) in [7, 11) is 0. The molecule has 87 valence electrons. The lowest BCUT2D eigenvalue weighted by molar-refractivity contribution is 0.628. The Kier molecular flexibility index (Phi) is 3.62. The highest BCUT2D eigenvalue weighted by molar-refractivity contribution is 6.41. The third-order valence-corrected chi connectivity index (χ3v) is 3.20. The average molecular weight is 289 g/mol. The van der Waals surface area contributed by atoms with Gasteiger partial charge < -0.3 is 0 Å².